The number of nitro groups is 1. The van der Waals surface area contributed by atoms with Gasteiger partial charge >= 0.3 is 11.9 Å². The van der Waals surface area contributed by atoms with E-state index < -0.39 is 22.6 Å². The monoisotopic (exact) mass is 414 g/mol. The predicted molar refractivity (Wildman–Crippen MR) is 110 cm³/mol. The van der Waals surface area contributed by atoms with Crippen LogP contribution in [0.1, 0.15) is 63.4 Å². The van der Waals surface area contributed by atoms with Gasteiger partial charge in [-0.15, -0.1) is 0 Å². The summed E-state index contributed by atoms with van der Waals surface area (Å²) in [6.07, 6.45) is 9.43. The molecule has 30 heavy (non-hydrogen) atoms. The van der Waals surface area contributed by atoms with Gasteiger partial charge in [0.2, 0.25) is 0 Å². The summed E-state index contributed by atoms with van der Waals surface area (Å²) in [7, 11) is 0. The molecule has 2 saturated heterocycles. The molecule has 1 aliphatic carbocycles. The number of rotatable bonds is 3. The molecule has 1 saturated carbocycles. The number of carbonyl (C=O) groups is 2. The van der Waals surface area contributed by atoms with Crippen LogP contribution < -0.4 is 4.90 Å². The van der Waals surface area contributed by atoms with Gasteiger partial charge in [-0.2, -0.15) is 0 Å². The van der Waals surface area contributed by atoms with E-state index in [1.54, 1.807) is 6.07 Å². The molecule has 1 aromatic carbocycles. The van der Waals surface area contributed by atoms with Crippen molar-refractivity contribution in [1.29, 1.82) is 0 Å². The molecule has 0 N–H and O–H groups in total. The van der Waals surface area contributed by atoms with Crippen molar-refractivity contribution in [2.75, 3.05) is 18.0 Å². The number of esters is 2. The van der Waals surface area contributed by atoms with Gasteiger partial charge in [-0.3, -0.25) is 10.1 Å². The van der Waals surface area contributed by atoms with E-state index in [-0.39, 0.29) is 11.3 Å². The third kappa shape index (κ3) is 4.17. The summed E-state index contributed by atoms with van der Waals surface area (Å²) in [6, 6.07) is 4.55. The summed E-state index contributed by atoms with van der Waals surface area (Å²) in [6.45, 7) is 1.65. The van der Waals surface area contributed by atoms with Crippen LogP contribution >= 0.6 is 0 Å². The molecule has 3 aliphatic rings. The predicted octanol–water partition coefficient (Wildman–Crippen LogP) is 4.12. The number of hydrogen-bond donors (Lipinski definition) is 0. The Morgan fingerprint density at radius 3 is 2.13 bits per heavy atom. The molecule has 0 amide bonds. The molecule has 1 spiro atoms. The molecule has 0 aromatic heterocycles. The van der Waals surface area contributed by atoms with Crippen LogP contribution in [0.2, 0.25) is 0 Å². The number of anilines is 1. The first-order valence-corrected chi connectivity index (χ1v) is 10.7. The molecular weight excluding hydrogens is 388 g/mol. The van der Waals surface area contributed by atoms with Crippen molar-refractivity contribution in [1.82, 2.24) is 0 Å². The first kappa shape index (κ1) is 20.4. The lowest BCUT2D eigenvalue weighted by atomic mass is 9.93. The van der Waals surface area contributed by atoms with Crippen LogP contribution in [0.4, 0.5) is 11.4 Å². The van der Waals surface area contributed by atoms with Crippen molar-refractivity contribution in [3.63, 3.8) is 0 Å². The van der Waals surface area contributed by atoms with Gasteiger partial charge in [0.05, 0.1) is 4.92 Å². The minimum Gasteiger partial charge on any atom is -0.419 e. The van der Waals surface area contributed by atoms with E-state index in [1.165, 1.54) is 18.2 Å². The third-order valence-corrected chi connectivity index (χ3v) is 6.08. The molecule has 4 rings (SSSR count). The quantitative estimate of drug-likeness (QED) is 0.241. The van der Waals surface area contributed by atoms with Crippen molar-refractivity contribution in [3.8, 4) is 0 Å². The lowest BCUT2D eigenvalue weighted by Gasteiger charge is -2.38. The van der Waals surface area contributed by atoms with Crippen LogP contribution in [0.25, 0.3) is 6.08 Å². The summed E-state index contributed by atoms with van der Waals surface area (Å²) in [5.41, 5.74) is 0.910. The Bertz CT molecular complexity index is 858. The second-order valence-corrected chi connectivity index (χ2v) is 8.21. The maximum atomic E-state index is 12.7. The van der Waals surface area contributed by atoms with E-state index in [0.29, 0.717) is 18.4 Å². The van der Waals surface area contributed by atoms with Crippen molar-refractivity contribution in [3.05, 3.63) is 39.4 Å². The Morgan fingerprint density at radius 2 is 1.53 bits per heavy atom. The van der Waals surface area contributed by atoms with E-state index >= 15 is 0 Å². The molecule has 8 nitrogen and oxygen atoms in total. The highest BCUT2D eigenvalue weighted by molar-refractivity contribution is 6.19. The lowest BCUT2D eigenvalue weighted by Crippen LogP contribution is -2.47. The van der Waals surface area contributed by atoms with Gasteiger partial charge in [0, 0.05) is 49.3 Å². The van der Waals surface area contributed by atoms with Crippen LogP contribution in [0.3, 0.4) is 0 Å². The zero-order valence-corrected chi connectivity index (χ0v) is 16.9. The molecule has 160 valence electrons. The summed E-state index contributed by atoms with van der Waals surface area (Å²) < 4.78 is 11.1. The highest BCUT2D eigenvalue weighted by Gasteiger charge is 2.46. The highest BCUT2D eigenvalue weighted by Crippen LogP contribution is 2.38. The van der Waals surface area contributed by atoms with Crippen molar-refractivity contribution in [2.24, 2.45) is 0 Å². The Kier molecular flexibility index (Phi) is 5.74. The van der Waals surface area contributed by atoms with E-state index in [2.05, 4.69) is 4.90 Å². The Morgan fingerprint density at radius 1 is 0.933 bits per heavy atom. The van der Waals surface area contributed by atoms with Crippen molar-refractivity contribution < 1.29 is 24.0 Å². The minimum atomic E-state index is -1.15. The molecule has 1 aromatic rings. The molecule has 0 radical (unpaired) electrons. The minimum absolute atomic E-state index is 0.0956. The number of hydrogen-bond acceptors (Lipinski definition) is 7. The van der Waals surface area contributed by atoms with Crippen molar-refractivity contribution in [2.45, 2.75) is 63.6 Å². The maximum Gasteiger partial charge on any atom is 0.348 e. The molecule has 2 aliphatic heterocycles. The maximum absolute atomic E-state index is 12.7. The first-order chi connectivity index (χ1) is 14.5. The fraction of sp³-hybridized carbons (Fsp3) is 0.545. The van der Waals surface area contributed by atoms with Gasteiger partial charge in [-0.05, 0) is 37.8 Å². The first-order valence-electron chi connectivity index (χ1n) is 10.7. The number of benzene rings is 1. The number of carbonyl (C=O) groups excluding carboxylic acids is 2. The topological polar surface area (TPSA) is 99.0 Å². The molecular formula is C22H26N2O6. The van der Waals surface area contributed by atoms with Crippen molar-refractivity contribution >= 4 is 29.4 Å². The summed E-state index contributed by atoms with van der Waals surface area (Å²) >= 11 is 0. The van der Waals surface area contributed by atoms with E-state index in [4.69, 9.17) is 9.47 Å². The van der Waals surface area contributed by atoms with E-state index in [0.717, 1.165) is 63.7 Å². The van der Waals surface area contributed by atoms with Crippen LogP contribution in [-0.4, -0.2) is 35.7 Å². The molecule has 0 bridgehead atoms. The summed E-state index contributed by atoms with van der Waals surface area (Å²) in [4.78, 5) is 38.4. The van der Waals surface area contributed by atoms with Gasteiger partial charge in [-0.25, -0.2) is 9.59 Å². The number of nitro benzene ring substituents is 1. The fourth-order valence-electron chi connectivity index (χ4n) is 4.49. The standard InChI is InChI=1S/C22H26N2O6/c25-20-18(21(26)30-22(29-20)10-4-3-5-11-22)15-16-14-17(24(27)28)8-9-19(16)23-12-6-1-2-7-13-23/h8-9,14-15H,1-7,10-13H2. The lowest BCUT2D eigenvalue weighted by molar-refractivity contribution is -0.384. The van der Waals surface area contributed by atoms with Gasteiger partial charge in [0.25, 0.3) is 11.5 Å². The van der Waals surface area contributed by atoms with E-state index in [1.807, 2.05) is 0 Å². The zero-order valence-electron chi connectivity index (χ0n) is 16.9. The molecule has 3 fully saturated rings. The van der Waals surface area contributed by atoms with Crippen LogP contribution in [0.5, 0.6) is 0 Å². The molecule has 0 atom stereocenters. The third-order valence-electron chi connectivity index (χ3n) is 6.08. The molecule has 2 heterocycles. The summed E-state index contributed by atoms with van der Waals surface area (Å²) in [5.74, 6) is -2.59. The molecule has 8 heteroatoms. The van der Waals surface area contributed by atoms with Crippen LogP contribution in [0, 0.1) is 10.1 Å². The van der Waals surface area contributed by atoms with Gasteiger partial charge in [0.1, 0.15) is 5.57 Å². The zero-order chi connectivity index (χ0) is 21.1. The fourth-order valence-corrected chi connectivity index (χ4v) is 4.49. The van der Waals surface area contributed by atoms with Crippen LogP contribution in [0.15, 0.2) is 23.8 Å². The normalized spacial score (nSPS) is 21.6. The smallest absolute Gasteiger partial charge is 0.348 e. The Balaban J connectivity index is 1.68. The molecule has 0 unspecified atom stereocenters. The SMILES string of the molecule is O=C1OC2(CCCCC2)OC(=O)C1=Cc1cc([N+](=O)[O-])ccc1N1CCCCCC1. The van der Waals surface area contributed by atoms with Gasteiger partial charge in [0.15, 0.2) is 0 Å². The highest BCUT2D eigenvalue weighted by atomic mass is 16.7. The summed E-state index contributed by atoms with van der Waals surface area (Å²) in [5, 5.41) is 11.3. The van der Waals surface area contributed by atoms with Gasteiger partial charge in [-0.1, -0.05) is 19.3 Å². The Hall–Kier alpha value is -2.90. The number of ether oxygens (including phenoxy) is 2. The van der Waals surface area contributed by atoms with Crippen LogP contribution in [-0.2, 0) is 19.1 Å². The number of non-ortho nitro benzene ring substituents is 1. The second-order valence-electron chi connectivity index (χ2n) is 8.21. The largest absolute Gasteiger partial charge is 0.419 e. The second kappa shape index (κ2) is 8.45. The van der Waals surface area contributed by atoms with Gasteiger partial charge < -0.3 is 14.4 Å². The average molecular weight is 414 g/mol. The average Bonchev–Trinajstić information content (AvgIpc) is 3.00. The Labute approximate surface area is 175 Å². The number of nitrogens with zero attached hydrogens (tertiary/aromatic N) is 2. The van der Waals surface area contributed by atoms with E-state index in [9.17, 15) is 19.7 Å².